The highest BCUT2D eigenvalue weighted by Gasteiger charge is 2.43. The predicted molar refractivity (Wildman–Crippen MR) is 204 cm³/mol. The van der Waals surface area contributed by atoms with Crippen molar-refractivity contribution in [2.24, 2.45) is 0 Å². The summed E-state index contributed by atoms with van der Waals surface area (Å²) < 4.78 is 93.1. The van der Waals surface area contributed by atoms with E-state index in [1.165, 1.54) is 25.1 Å². The van der Waals surface area contributed by atoms with Gasteiger partial charge in [0.1, 0.15) is 22.1 Å². The third-order valence-corrected chi connectivity index (χ3v) is 11.6. The number of sulfonamides is 1. The number of aromatic nitrogens is 4. The number of nitrogens with zero attached hydrogens (tertiary/aromatic N) is 5. The van der Waals surface area contributed by atoms with Gasteiger partial charge in [-0.3, -0.25) is 0 Å². The summed E-state index contributed by atoms with van der Waals surface area (Å²) in [5.41, 5.74) is 1.90. The summed E-state index contributed by atoms with van der Waals surface area (Å²) in [5.74, 6) is 1.74. The molecule has 290 valence electrons. The number of nitrogens with one attached hydrogen (secondary N) is 1. The Morgan fingerprint density at radius 1 is 0.732 bits per heavy atom. The van der Waals surface area contributed by atoms with Crippen LogP contribution in [0.4, 0.5) is 13.2 Å². The molecule has 0 amide bonds. The molecule has 0 atom stereocenters. The largest absolute Gasteiger partial charge is 0.497 e. The molecular weight excluding hydrogens is 746 g/mol. The van der Waals surface area contributed by atoms with Gasteiger partial charge in [0, 0.05) is 32.1 Å². The molecule has 1 aliphatic rings. The quantitative estimate of drug-likeness (QED) is 0.123. The molecule has 0 unspecified atom stereocenters. The standard InChI is InChI=1S/C41H39F3N6O5S/c1-53-33-14-4-27(5-15-33)24-49(25-28-6-16-34(54-2)17-7-28)56(51,52)39-37(41(42,43)44)21-20-36(31-12-10-30(11-13-31)32-22-45-23-32)38(39)40-46-48-50(47-40)26-29-8-18-35(55-3)19-9-29/h4-21,32,45H,22-26H2,1-3H3. The van der Waals surface area contributed by atoms with E-state index >= 15 is 21.6 Å². The van der Waals surface area contributed by atoms with Crippen LogP contribution in [0.15, 0.2) is 114 Å². The van der Waals surface area contributed by atoms with Crippen molar-refractivity contribution in [3.8, 4) is 39.8 Å². The van der Waals surface area contributed by atoms with E-state index in [2.05, 4.69) is 20.7 Å². The monoisotopic (exact) mass is 784 g/mol. The minimum atomic E-state index is -5.08. The second kappa shape index (κ2) is 16.1. The van der Waals surface area contributed by atoms with E-state index in [4.69, 9.17) is 14.2 Å². The Morgan fingerprint density at radius 3 is 1.71 bits per heavy atom. The van der Waals surface area contributed by atoms with Gasteiger partial charge in [-0.2, -0.15) is 22.3 Å². The van der Waals surface area contributed by atoms with Crippen LogP contribution < -0.4 is 19.5 Å². The third kappa shape index (κ3) is 8.25. The van der Waals surface area contributed by atoms with Crippen LogP contribution in [0.2, 0.25) is 0 Å². The first-order chi connectivity index (χ1) is 27.0. The number of rotatable bonds is 14. The molecule has 56 heavy (non-hydrogen) atoms. The summed E-state index contributed by atoms with van der Waals surface area (Å²) in [5, 5.41) is 16.1. The maximum absolute atomic E-state index is 15.3. The molecular formula is C41H39F3N6O5S. The molecule has 11 nitrogen and oxygen atoms in total. The van der Waals surface area contributed by atoms with Crippen LogP contribution >= 0.6 is 0 Å². The van der Waals surface area contributed by atoms with E-state index in [1.807, 2.05) is 12.1 Å². The lowest BCUT2D eigenvalue weighted by molar-refractivity contribution is -0.139. The van der Waals surface area contributed by atoms with Gasteiger partial charge in [-0.15, -0.1) is 10.2 Å². The third-order valence-electron chi connectivity index (χ3n) is 9.73. The molecule has 1 fully saturated rings. The molecule has 2 heterocycles. The molecule has 0 bridgehead atoms. The zero-order chi connectivity index (χ0) is 39.5. The first kappa shape index (κ1) is 38.5. The van der Waals surface area contributed by atoms with Gasteiger partial charge in [0.15, 0.2) is 0 Å². The van der Waals surface area contributed by atoms with Gasteiger partial charge in [0.25, 0.3) is 0 Å². The minimum Gasteiger partial charge on any atom is -0.497 e. The Morgan fingerprint density at radius 2 is 1.25 bits per heavy atom. The normalized spacial score (nSPS) is 13.4. The molecule has 5 aromatic carbocycles. The SMILES string of the molecule is COc1ccc(CN(Cc2ccc(OC)cc2)S(=O)(=O)c2c(C(F)(F)F)ccc(-c3ccc(C4CNC4)cc3)c2-c2nnn(Cc3ccc(OC)cc3)n2)cc1. The van der Waals surface area contributed by atoms with Gasteiger partial charge in [0.05, 0.1) is 39.0 Å². The highest BCUT2D eigenvalue weighted by atomic mass is 32.2. The Hall–Kier alpha value is -5.77. The van der Waals surface area contributed by atoms with Gasteiger partial charge in [-0.05, 0) is 81.1 Å². The summed E-state index contributed by atoms with van der Waals surface area (Å²) in [7, 11) is -0.463. The van der Waals surface area contributed by atoms with Crippen LogP contribution in [0.3, 0.4) is 0 Å². The Labute approximate surface area is 322 Å². The van der Waals surface area contributed by atoms with Crippen molar-refractivity contribution in [1.29, 1.82) is 0 Å². The van der Waals surface area contributed by atoms with Crippen LogP contribution in [-0.2, 0) is 35.8 Å². The number of alkyl halides is 3. The molecule has 7 rings (SSSR count). The van der Waals surface area contributed by atoms with Crippen LogP contribution in [0.25, 0.3) is 22.5 Å². The molecule has 1 aliphatic heterocycles. The lowest BCUT2D eigenvalue weighted by Crippen LogP contribution is -2.39. The Balaban J connectivity index is 1.42. The van der Waals surface area contributed by atoms with Gasteiger partial charge >= 0.3 is 6.18 Å². The number of benzene rings is 5. The first-order valence-corrected chi connectivity index (χ1v) is 19.1. The molecule has 0 spiro atoms. The molecule has 1 aromatic heterocycles. The fraction of sp³-hybridized carbons (Fsp3) is 0.244. The van der Waals surface area contributed by atoms with Crippen molar-refractivity contribution in [2.45, 2.75) is 36.6 Å². The van der Waals surface area contributed by atoms with Crippen LogP contribution in [0.5, 0.6) is 17.2 Å². The maximum atomic E-state index is 15.3. The number of ether oxygens (including phenoxy) is 3. The number of hydrogen-bond donors (Lipinski definition) is 1. The highest BCUT2D eigenvalue weighted by molar-refractivity contribution is 7.89. The second-order valence-corrected chi connectivity index (χ2v) is 15.2. The number of hydrogen-bond acceptors (Lipinski definition) is 9. The van der Waals surface area contributed by atoms with E-state index in [0.717, 1.165) is 34.6 Å². The van der Waals surface area contributed by atoms with Crippen LogP contribution in [0, 0.1) is 0 Å². The van der Waals surface area contributed by atoms with E-state index in [-0.39, 0.29) is 36.6 Å². The summed E-state index contributed by atoms with van der Waals surface area (Å²) in [6.07, 6.45) is -5.08. The smallest absolute Gasteiger partial charge is 0.417 e. The zero-order valence-electron chi connectivity index (χ0n) is 30.8. The fourth-order valence-electron chi connectivity index (χ4n) is 6.52. The summed E-state index contributed by atoms with van der Waals surface area (Å²) >= 11 is 0. The Bertz CT molecular complexity index is 2330. The topological polar surface area (TPSA) is 121 Å². The molecule has 15 heteroatoms. The molecule has 6 aromatic rings. The van der Waals surface area contributed by atoms with Crippen molar-refractivity contribution in [3.05, 3.63) is 137 Å². The first-order valence-electron chi connectivity index (χ1n) is 17.7. The summed E-state index contributed by atoms with van der Waals surface area (Å²) in [6.45, 7) is 1.21. The lowest BCUT2D eigenvalue weighted by Gasteiger charge is -2.28. The van der Waals surface area contributed by atoms with E-state index in [1.54, 1.807) is 92.0 Å². The average molecular weight is 785 g/mol. The summed E-state index contributed by atoms with van der Waals surface area (Å²) in [4.78, 5) is 0.248. The second-order valence-electron chi connectivity index (χ2n) is 13.3. The minimum absolute atomic E-state index is 0.110. The number of methoxy groups -OCH3 is 3. The molecule has 1 N–H and O–H groups in total. The van der Waals surface area contributed by atoms with Gasteiger partial charge < -0.3 is 19.5 Å². The van der Waals surface area contributed by atoms with Crippen molar-refractivity contribution >= 4 is 10.0 Å². The fourth-order valence-corrected chi connectivity index (χ4v) is 8.34. The summed E-state index contributed by atoms with van der Waals surface area (Å²) in [6, 6.07) is 29.9. The average Bonchev–Trinajstić information content (AvgIpc) is 3.65. The lowest BCUT2D eigenvalue weighted by atomic mass is 9.90. The molecule has 0 aliphatic carbocycles. The highest BCUT2D eigenvalue weighted by Crippen LogP contribution is 2.45. The van der Waals surface area contributed by atoms with Crippen molar-refractivity contribution in [1.82, 2.24) is 29.8 Å². The Kier molecular flexibility index (Phi) is 11.1. The number of halogens is 3. The molecule has 0 saturated carbocycles. The van der Waals surface area contributed by atoms with Crippen LogP contribution in [0.1, 0.15) is 33.7 Å². The number of tetrazole rings is 1. The van der Waals surface area contributed by atoms with Crippen molar-refractivity contribution in [2.75, 3.05) is 34.4 Å². The molecule has 0 radical (unpaired) electrons. The maximum Gasteiger partial charge on any atom is 0.417 e. The van der Waals surface area contributed by atoms with Crippen LogP contribution in [-0.4, -0.2) is 67.3 Å². The van der Waals surface area contributed by atoms with Gasteiger partial charge in [0.2, 0.25) is 15.8 Å². The van der Waals surface area contributed by atoms with Crippen molar-refractivity contribution < 1.29 is 35.8 Å². The van der Waals surface area contributed by atoms with Crippen molar-refractivity contribution in [3.63, 3.8) is 0 Å². The molecule has 1 saturated heterocycles. The predicted octanol–water partition coefficient (Wildman–Crippen LogP) is 7.18. The van der Waals surface area contributed by atoms with Gasteiger partial charge in [-0.25, -0.2) is 8.42 Å². The van der Waals surface area contributed by atoms with E-state index < -0.39 is 26.7 Å². The van der Waals surface area contributed by atoms with Gasteiger partial charge in [-0.1, -0.05) is 66.7 Å². The van der Waals surface area contributed by atoms with E-state index in [9.17, 15) is 0 Å². The van der Waals surface area contributed by atoms with E-state index in [0.29, 0.717) is 39.9 Å². The zero-order valence-corrected chi connectivity index (χ0v) is 31.6.